The number of hydrogen-bond acceptors (Lipinski definition) is 3. The molecule has 6 nitrogen and oxygen atoms in total. The number of allylic oxidation sites excluding steroid dienone is 1. The number of carboxylic acids is 1. The number of carbonyl (C=O) groups excluding carboxylic acids is 1. The summed E-state index contributed by atoms with van der Waals surface area (Å²) in [6.45, 7) is 4.54. The highest BCUT2D eigenvalue weighted by Gasteiger charge is 2.19. The van der Waals surface area contributed by atoms with Crippen molar-refractivity contribution in [2.75, 3.05) is 0 Å². The van der Waals surface area contributed by atoms with Crippen LogP contribution in [-0.4, -0.2) is 32.8 Å². The van der Waals surface area contributed by atoms with Crippen molar-refractivity contribution in [3.05, 3.63) is 30.1 Å². The van der Waals surface area contributed by atoms with Crippen molar-refractivity contribution in [2.45, 2.75) is 39.3 Å². The number of aromatic nitrogens is 2. The molecule has 0 saturated heterocycles. The molecular formula is C13H19N3O3. The molecule has 0 bridgehead atoms. The third-order valence-corrected chi connectivity index (χ3v) is 2.56. The number of carboxylic acid groups (broad SMARTS) is 1. The number of carbonyl (C=O) groups is 2. The maximum Gasteiger partial charge on any atom is 0.326 e. The first-order valence-corrected chi connectivity index (χ1v) is 6.25. The Kier molecular flexibility index (Phi) is 5.78. The van der Waals surface area contributed by atoms with Gasteiger partial charge in [0.15, 0.2) is 0 Å². The number of rotatable bonds is 7. The molecule has 2 N–H and O–H groups in total. The molecule has 0 spiro atoms. The van der Waals surface area contributed by atoms with Crippen molar-refractivity contribution in [2.24, 2.45) is 0 Å². The van der Waals surface area contributed by atoms with E-state index >= 15 is 0 Å². The maximum absolute atomic E-state index is 11.9. The summed E-state index contributed by atoms with van der Waals surface area (Å²) in [4.78, 5) is 22.9. The molecule has 104 valence electrons. The largest absolute Gasteiger partial charge is 0.480 e. The lowest BCUT2D eigenvalue weighted by molar-refractivity contribution is -0.139. The molecule has 6 heteroatoms. The van der Waals surface area contributed by atoms with Crippen molar-refractivity contribution < 1.29 is 14.7 Å². The number of hydrogen-bond donors (Lipinski definition) is 2. The van der Waals surface area contributed by atoms with Gasteiger partial charge in [0.05, 0.1) is 11.8 Å². The molecule has 0 aromatic carbocycles. The lowest BCUT2D eigenvalue weighted by Crippen LogP contribution is -2.40. The number of aryl methyl sites for hydroxylation is 1. The van der Waals surface area contributed by atoms with Crippen LogP contribution < -0.4 is 5.32 Å². The first-order chi connectivity index (χ1) is 9.08. The van der Waals surface area contributed by atoms with Gasteiger partial charge in [0.1, 0.15) is 6.04 Å². The molecule has 0 aliphatic heterocycles. The maximum atomic E-state index is 11.9. The minimum atomic E-state index is -1.05. The van der Waals surface area contributed by atoms with Crippen molar-refractivity contribution in [3.8, 4) is 0 Å². The van der Waals surface area contributed by atoms with Crippen LogP contribution in [0, 0.1) is 0 Å². The van der Waals surface area contributed by atoms with Crippen LogP contribution in [0.5, 0.6) is 0 Å². The third kappa shape index (κ3) is 4.57. The van der Waals surface area contributed by atoms with Crippen LogP contribution in [0.15, 0.2) is 24.5 Å². The van der Waals surface area contributed by atoms with Gasteiger partial charge in [0.25, 0.3) is 5.91 Å². The van der Waals surface area contributed by atoms with E-state index in [2.05, 4.69) is 10.4 Å². The summed E-state index contributed by atoms with van der Waals surface area (Å²) in [6.07, 6.45) is 7.70. The second-order valence-electron chi connectivity index (χ2n) is 4.16. The van der Waals surface area contributed by atoms with E-state index in [0.717, 1.165) is 13.0 Å². The number of amides is 1. The second-order valence-corrected chi connectivity index (χ2v) is 4.16. The lowest BCUT2D eigenvalue weighted by atomic mass is 10.2. The summed E-state index contributed by atoms with van der Waals surface area (Å²) in [5.41, 5.74) is 0.375. The van der Waals surface area contributed by atoms with Gasteiger partial charge >= 0.3 is 5.97 Å². The minimum absolute atomic E-state index is 0.265. The Labute approximate surface area is 112 Å². The molecule has 0 aliphatic carbocycles. The summed E-state index contributed by atoms with van der Waals surface area (Å²) < 4.78 is 1.66. The summed E-state index contributed by atoms with van der Waals surface area (Å²) in [7, 11) is 0. The van der Waals surface area contributed by atoms with E-state index in [0.29, 0.717) is 5.56 Å². The highest BCUT2D eigenvalue weighted by molar-refractivity contribution is 5.96. The summed E-state index contributed by atoms with van der Waals surface area (Å²) in [6, 6.07) is -0.918. The predicted molar refractivity (Wildman–Crippen MR) is 70.8 cm³/mol. The van der Waals surface area contributed by atoms with Crippen LogP contribution in [0.4, 0.5) is 0 Å². The van der Waals surface area contributed by atoms with E-state index in [1.165, 1.54) is 6.20 Å². The summed E-state index contributed by atoms with van der Waals surface area (Å²) in [5, 5.41) is 15.5. The number of aliphatic carboxylic acids is 1. The van der Waals surface area contributed by atoms with Gasteiger partial charge in [-0.15, -0.1) is 0 Å². The highest BCUT2D eigenvalue weighted by Crippen LogP contribution is 2.02. The Morgan fingerprint density at radius 1 is 1.58 bits per heavy atom. The van der Waals surface area contributed by atoms with Gasteiger partial charge in [0, 0.05) is 12.7 Å². The average molecular weight is 265 g/mol. The Morgan fingerprint density at radius 2 is 2.32 bits per heavy atom. The number of nitrogens with zero attached hydrogens (tertiary/aromatic N) is 2. The Morgan fingerprint density at radius 3 is 2.89 bits per heavy atom. The molecule has 1 unspecified atom stereocenters. The van der Waals surface area contributed by atoms with Crippen molar-refractivity contribution >= 4 is 11.9 Å². The van der Waals surface area contributed by atoms with E-state index < -0.39 is 17.9 Å². The van der Waals surface area contributed by atoms with E-state index in [-0.39, 0.29) is 6.42 Å². The molecule has 0 fully saturated rings. The Bertz CT molecular complexity index is 465. The molecular weight excluding hydrogens is 246 g/mol. The fraction of sp³-hybridized carbons (Fsp3) is 0.462. The van der Waals surface area contributed by atoms with Crippen LogP contribution >= 0.6 is 0 Å². The van der Waals surface area contributed by atoms with Gasteiger partial charge in [-0.2, -0.15) is 5.10 Å². The van der Waals surface area contributed by atoms with E-state index in [9.17, 15) is 9.59 Å². The van der Waals surface area contributed by atoms with Crippen LogP contribution in [-0.2, 0) is 11.3 Å². The average Bonchev–Trinajstić information content (AvgIpc) is 2.83. The van der Waals surface area contributed by atoms with E-state index in [1.807, 2.05) is 6.92 Å². The van der Waals surface area contributed by atoms with Gasteiger partial charge < -0.3 is 10.4 Å². The quantitative estimate of drug-likeness (QED) is 0.731. The highest BCUT2D eigenvalue weighted by atomic mass is 16.4. The van der Waals surface area contributed by atoms with Crippen LogP contribution in [0.3, 0.4) is 0 Å². The van der Waals surface area contributed by atoms with Gasteiger partial charge in [-0.05, 0) is 19.8 Å². The molecule has 0 aliphatic rings. The molecule has 1 heterocycles. The second kappa shape index (κ2) is 7.35. The standard InChI is InChI=1S/C13H19N3O3/c1-3-5-6-11(13(18)19)15-12(17)10-8-14-16(9-10)7-4-2/h3,5,8-9,11H,4,6-7H2,1-2H3,(H,15,17)(H,18,19)/b5-3+. The van der Waals surface area contributed by atoms with Crippen molar-refractivity contribution in [3.63, 3.8) is 0 Å². The first-order valence-electron chi connectivity index (χ1n) is 6.25. The fourth-order valence-corrected chi connectivity index (χ4v) is 1.57. The SMILES string of the molecule is C/C=C/CC(NC(=O)c1cnn(CCC)c1)C(=O)O. The minimum Gasteiger partial charge on any atom is -0.480 e. The summed E-state index contributed by atoms with van der Waals surface area (Å²) in [5.74, 6) is -1.47. The monoisotopic (exact) mass is 265 g/mol. The van der Waals surface area contributed by atoms with Gasteiger partial charge in [0.2, 0.25) is 0 Å². The van der Waals surface area contributed by atoms with E-state index in [1.54, 1.807) is 30.0 Å². The van der Waals surface area contributed by atoms with Crippen molar-refractivity contribution in [1.82, 2.24) is 15.1 Å². The molecule has 1 atom stereocenters. The zero-order chi connectivity index (χ0) is 14.3. The van der Waals surface area contributed by atoms with Crippen LogP contribution in [0.25, 0.3) is 0 Å². The smallest absolute Gasteiger partial charge is 0.326 e. The Hall–Kier alpha value is -2.11. The van der Waals surface area contributed by atoms with Gasteiger partial charge in [-0.3, -0.25) is 9.48 Å². The number of nitrogens with one attached hydrogen (secondary N) is 1. The zero-order valence-corrected chi connectivity index (χ0v) is 11.2. The van der Waals surface area contributed by atoms with Crippen LogP contribution in [0.2, 0.25) is 0 Å². The van der Waals surface area contributed by atoms with Gasteiger partial charge in [-0.25, -0.2) is 4.79 Å². The zero-order valence-electron chi connectivity index (χ0n) is 11.2. The molecule has 1 rings (SSSR count). The third-order valence-electron chi connectivity index (χ3n) is 2.56. The first kappa shape index (κ1) is 14.9. The van der Waals surface area contributed by atoms with E-state index in [4.69, 9.17) is 5.11 Å². The van der Waals surface area contributed by atoms with Crippen LogP contribution in [0.1, 0.15) is 37.0 Å². The van der Waals surface area contributed by atoms with Crippen molar-refractivity contribution in [1.29, 1.82) is 0 Å². The molecule has 0 radical (unpaired) electrons. The molecule has 1 aromatic rings. The fourth-order valence-electron chi connectivity index (χ4n) is 1.57. The summed E-state index contributed by atoms with van der Waals surface area (Å²) >= 11 is 0. The predicted octanol–water partition coefficient (Wildman–Crippen LogP) is 1.44. The topological polar surface area (TPSA) is 84.2 Å². The normalized spacial score (nSPS) is 12.5. The van der Waals surface area contributed by atoms with Gasteiger partial charge in [-0.1, -0.05) is 19.1 Å². The molecule has 19 heavy (non-hydrogen) atoms. The Balaban J connectivity index is 2.67. The molecule has 1 amide bonds. The molecule has 1 aromatic heterocycles. The lowest BCUT2D eigenvalue weighted by Gasteiger charge is -2.11. The molecule has 0 saturated carbocycles.